The van der Waals surface area contributed by atoms with Crippen LogP contribution in [0.3, 0.4) is 0 Å². The number of nitrogens with zero attached hydrogens (tertiary/aromatic N) is 2. The van der Waals surface area contributed by atoms with Crippen LogP contribution in [0.4, 0.5) is 21.5 Å². The van der Waals surface area contributed by atoms with Crippen LogP contribution in [-0.2, 0) is 11.2 Å². The lowest BCUT2D eigenvalue weighted by atomic mass is 10.1. The van der Waals surface area contributed by atoms with E-state index in [0.29, 0.717) is 28.4 Å². The molecule has 0 atom stereocenters. The van der Waals surface area contributed by atoms with Crippen LogP contribution >= 0.6 is 11.8 Å². The minimum absolute atomic E-state index is 0.0491. The number of hydrogen-bond acceptors (Lipinski definition) is 5. The van der Waals surface area contributed by atoms with Gasteiger partial charge in [-0.05, 0) is 48.4 Å². The van der Waals surface area contributed by atoms with Crippen LogP contribution in [-0.4, -0.2) is 23.3 Å². The standard InChI is InChI=1S/C23H18FN3O4S/c1-14(28)26-11-10-15-12-16(6-8-20(15)26)25-23(29)18-13-17(27(30)31)7-9-21(18)32-22-5-3-2-4-19(22)24/h2-9,12-13H,10-11H2,1H3,(H,25,29). The summed E-state index contributed by atoms with van der Waals surface area (Å²) in [5.74, 6) is -1.04. The summed E-state index contributed by atoms with van der Waals surface area (Å²) in [6, 6.07) is 15.3. The Hall–Kier alpha value is -3.72. The van der Waals surface area contributed by atoms with Gasteiger partial charge in [-0.25, -0.2) is 4.39 Å². The second kappa shape index (κ2) is 8.80. The normalized spacial score (nSPS) is 12.4. The number of hydrogen-bond donors (Lipinski definition) is 1. The van der Waals surface area contributed by atoms with Gasteiger partial charge in [0.1, 0.15) is 5.82 Å². The first-order valence-electron chi connectivity index (χ1n) is 9.76. The predicted molar refractivity (Wildman–Crippen MR) is 120 cm³/mol. The second-order valence-corrected chi connectivity index (χ2v) is 8.27. The van der Waals surface area contributed by atoms with Crippen molar-refractivity contribution in [3.05, 3.63) is 87.7 Å². The van der Waals surface area contributed by atoms with Crippen LogP contribution in [0.15, 0.2) is 70.5 Å². The zero-order valence-electron chi connectivity index (χ0n) is 17.0. The van der Waals surface area contributed by atoms with Crippen LogP contribution < -0.4 is 10.2 Å². The third kappa shape index (κ3) is 4.33. The van der Waals surface area contributed by atoms with Crippen molar-refractivity contribution < 1.29 is 18.9 Å². The lowest BCUT2D eigenvalue weighted by molar-refractivity contribution is -0.384. The maximum Gasteiger partial charge on any atom is 0.270 e. The molecule has 2 amide bonds. The van der Waals surface area contributed by atoms with Crippen LogP contribution in [0.2, 0.25) is 0 Å². The first-order chi connectivity index (χ1) is 15.3. The van der Waals surface area contributed by atoms with E-state index in [1.165, 1.54) is 31.2 Å². The van der Waals surface area contributed by atoms with Crippen molar-refractivity contribution in [2.75, 3.05) is 16.8 Å². The third-order valence-electron chi connectivity index (χ3n) is 5.09. The van der Waals surface area contributed by atoms with Crippen molar-refractivity contribution in [3.63, 3.8) is 0 Å². The number of halogens is 1. The zero-order valence-corrected chi connectivity index (χ0v) is 17.8. The van der Waals surface area contributed by atoms with Crippen LogP contribution in [0, 0.1) is 15.9 Å². The number of carbonyl (C=O) groups excluding carboxylic acids is 2. The van der Waals surface area contributed by atoms with Crippen molar-refractivity contribution in [2.24, 2.45) is 0 Å². The van der Waals surface area contributed by atoms with Crippen LogP contribution in [0.25, 0.3) is 0 Å². The molecular weight excluding hydrogens is 433 g/mol. The number of nitro groups is 1. The van der Waals surface area contributed by atoms with Gasteiger partial charge in [0.2, 0.25) is 5.91 Å². The summed E-state index contributed by atoms with van der Waals surface area (Å²) in [5.41, 5.74) is 2.07. The van der Waals surface area contributed by atoms with Gasteiger partial charge in [-0.2, -0.15) is 0 Å². The number of benzene rings is 3. The minimum Gasteiger partial charge on any atom is -0.322 e. The zero-order chi connectivity index (χ0) is 22.8. The number of amides is 2. The average molecular weight is 451 g/mol. The minimum atomic E-state index is -0.583. The number of nitrogens with one attached hydrogen (secondary N) is 1. The summed E-state index contributed by atoms with van der Waals surface area (Å²) in [7, 11) is 0. The Bertz CT molecular complexity index is 1250. The molecule has 1 heterocycles. The summed E-state index contributed by atoms with van der Waals surface area (Å²) < 4.78 is 14.1. The fourth-order valence-corrected chi connectivity index (χ4v) is 4.50. The van der Waals surface area contributed by atoms with Crippen molar-refractivity contribution in [1.82, 2.24) is 0 Å². The van der Waals surface area contributed by atoms with Crippen LogP contribution in [0.1, 0.15) is 22.8 Å². The number of nitro benzene ring substituents is 1. The van der Waals surface area contributed by atoms with Crippen molar-refractivity contribution >= 4 is 40.6 Å². The molecule has 0 fully saturated rings. The Labute approximate surface area is 187 Å². The molecule has 0 radical (unpaired) electrons. The van der Waals surface area contributed by atoms with Gasteiger partial charge >= 0.3 is 0 Å². The van der Waals surface area contributed by atoms with E-state index in [0.717, 1.165) is 23.0 Å². The maximum absolute atomic E-state index is 14.1. The molecule has 4 rings (SSSR count). The molecule has 3 aromatic rings. The van der Waals surface area contributed by atoms with Gasteiger partial charge in [-0.1, -0.05) is 23.9 Å². The quantitative estimate of drug-likeness (QED) is 0.433. The second-order valence-electron chi connectivity index (χ2n) is 7.19. The highest BCUT2D eigenvalue weighted by molar-refractivity contribution is 7.99. The third-order valence-corrected chi connectivity index (χ3v) is 6.22. The fraction of sp³-hybridized carbons (Fsp3) is 0.130. The van der Waals surface area contributed by atoms with E-state index < -0.39 is 16.6 Å². The largest absolute Gasteiger partial charge is 0.322 e. The molecule has 9 heteroatoms. The van der Waals surface area contributed by atoms with Crippen molar-refractivity contribution in [3.8, 4) is 0 Å². The Morgan fingerprint density at radius 3 is 2.59 bits per heavy atom. The summed E-state index contributed by atoms with van der Waals surface area (Å²) >= 11 is 1.02. The molecule has 32 heavy (non-hydrogen) atoms. The Morgan fingerprint density at radius 2 is 1.88 bits per heavy atom. The number of rotatable bonds is 5. The Balaban J connectivity index is 1.64. The topological polar surface area (TPSA) is 92.6 Å². The monoisotopic (exact) mass is 451 g/mol. The molecular formula is C23H18FN3O4S. The lowest BCUT2D eigenvalue weighted by Gasteiger charge is -2.15. The Morgan fingerprint density at radius 1 is 1.09 bits per heavy atom. The van der Waals surface area contributed by atoms with Crippen LogP contribution in [0.5, 0.6) is 0 Å². The van der Waals surface area contributed by atoms with E-state index in [2.05, 4.69) is 5.32 Å². The summed E-state index contributed by atoms with van der Waals surface area (Å²) in [6.07, 6.45) is 0.670. The molecule has 0 aromatic heterocycles. The molecule has 0 saturated carbocycles. The molecule has 3 aromatic carbocycles. The number of carbonyl (C=O) groups is 2. The molecule has 0 bridgehead atoms. The molecule has 1 aliphatic heterocycles. The molecule has 0 spiro atoms. The summed E-state index contributed by atoms with van der Waals surface area (Å²) in [4.78, 5) is 37.8. The van der Waals surface area contributed by atoms with Gasteiger partial charge in [0.25, 0.3) is 11.6 Å². The van der Waals surface area contributed by atoms with E-state index in [9.17, 15) is 24.1 Å². The number of anilines is 2. The smallest absolute Gasteiger partial charge is 0.270 e. The molecule has 7 nitrogen and oxygen atoms in total. The highest BCUT2D eigenvalue weighted by atomic mass is 32.2. The molecule has 0 saturated heterocycles. The SMILES string of the molecule is CC(=O)N1CCc2cc(NC(=O)c3cc([N+](=O)[O-])ccc3Sc3ccccc3F)ccc21. The van der Waals surface area contributed by atoms with E-state index in [1.807, 2.05) is 0 Å². The molecule has 1 aliphatic rings. The number of non-ortho nitro benzene ring substituents is 1. The highest BCUT2D eigenvalue weighted by Gasteiger charge is 2.23. The predicted octanol–water partition coefficient (Wildman–Crippen LogP) is 5.05. The van der Waals surface area contributed by atoms with Crippen molar-refractivity contribution in [1.29, 1.82) is 0 Å². The fourth-order valence-electron chi connectivity index (χ4n) is 3.55. The molecule has 0 unspecified atom stereocenters. The van der Waals surface area contributed by atoms with Gasteiger partial charge in [0.05, 0.1) is 10.5 Å². The van der Waals surface area contributed by atoms with Gasteiger partial charge in [0.15, 0.2) is 0 Å². The molecule has 0 aliphatic carbocycles. The highest BCUT2D eigenvalue weighted by Crippen LogP contribution is 2.35. The van der Waals surface area contributed by atoms with Gasteiger partial charge < -0.3 is 10.2 Å². The van der Waals surface area contributed by atoms with E-state index >= 15 is 0 Å². The van der Waals surface area contributed by atoms with E-state index in [1.54, 1.807) is 41.3 Å². The first-order valence-corrected chi connectivity index (χ1v) is 10.6. The van der Waals surface area contributed by atoms with Gasteiger partial charge in [0, 0.05) is 46.8 Å². The Kier molecular flexibility index (Phi) is 5.91. The summed E-state index contributed by atoms with van der Waals surface area (Å²) in [5, 5.41) is 14.0. The van der Waals surface area contributed by atoms with E-state index in [-0.39, 0.29) is 17.2 Å². The molecule has 162 valence electrons. The van der Waals surface area contributed by atoms with Gasteiger partial charge in [-0.15, -0.1) is 0 Å². The number of fused-ring (bicyclic) bond motifs is 1. The van der Waals surface area contributed by atoms with Gasteiger partial charge in [-0.3, -0.25) is 19.7 Å². The van der Waals surface area contributed by atoms with Crippen molar-refractivity contribution in [2.45, 2.75) is 23.1 Å². The first kappa shape index (κ1) is 21.5. The molecule has 1 N–H and O–H groups in total. The maximum atomic E-state index is 14.1. The summed E-state index contributed by atoms with van der Waals surface area (Å²) in [6.45, 7) is 2.08. The average Bonchev–Trinajstić information content (AvgIpc) is 3.19. The van der Waals surface area contributed by atoms with E-state index in [4.69, 9.17) is 0 Å². The lowest BCUT2D eigenvalue weighted by Crippen LogP contribution is -2.25.